The zero-order valence-electron chi connectivity index (χ0n) is 6.51. The highest BCUT2D eigenvalue weighted by atomic mass is 16.5. The predicted octanol–water partition coefficient (Wildman–Crippen LogP) is -0.0350. The molecule has 0 aliphatic carbocycles. The number of hydrogen-bond acceptors (Lipinski definition) is 3. The molecular weight excluding hydrogens is 130 g/mol. The molecule has 0 saturated carbocycles. The Hall–Kier alpha value is -0.120. The Bertz CT molecular complexity index is 83.7. The van der Waals surface area contributed by atoms with Crippen molar-refractivity contribution in [2.75, 3.05) is 46.6 Å². The van der Waals surface area contributed by atoms with Crippen molar-refractivity contribution in [2.24, 2.45) is 0 Å². The van der Waals surface area contributed by atoms with Crippen molar-refractivity contribution in [2.45, 2.75) is 0 Å². The maximum atomic E-state index is 5.26. The molecule has 3 heteroatoms. The van der Waals surface area contributed by atoms with E-state index in [0.717, 1.165) is 19.8 Å². The molecule has 1 rings (SSSR count). The summed E-state index contributed by atoms with van der Waals surface area (Å²) in [5, 5.41) is 0. The van der Waals surface area contributed by atoms with Gasteiger partial charge in [0.05, 0.1) is 19.8 Å². The van der Waals surface area contributed by atoms with Crippen LogP contribution >= 0.6 is 0 Å². The average molecular weight is 145 g/mol. The van der Waals surface area contributed by atoms with E-state index in [4.69, 9.17) is 9.47 Å². The summed E-state index contributed by atoms with van der Waals surface area (Å²) in [5.41, 5.74) is 0. The molecule has 0 aromatic carbocycles. The average Bonchev–Trinajstić information content (AvgIpc) is 2.71. The maximum absolute atomic E-state index is 5.26. The second kappa shape index (κ2) is 4.66. The SMILES string of the molecule is COCCOCCN1CC1. The van der Waals surface area contributed by atoms with Gasteiger partial charge in [-0.2, -0.15) is 0 Å². The fraction of sp³-hybridized carbons (Fsp3) is 1.00. The molecule has 1 aliphatic heterocycles. The first-order valence-electron chi connectivity index (χ1n) is 3.72. The van der Waals surface area contributed by atoms with Gasteiger partial charge in [0.1, 0.15) is 0 Å². The van der Waals surface area contributed by atoms with Crippen molar-refractivity contribution in [3.63, 3.8) is 0 Å². The molecule has 0 unspecified atom stereocenters. The summed E-state index contributed by atoms with van der Waals surface area (Å²) in [4.78, 5) is 2.34. The van der Waals surface area contributed by atoms with E-state index in [-0.39, 0.29) is 0 Å². The van der Waals surface area contributed by atoms with Crippen molar-refractivity contribution in [1.82, 2.24) is 4.90 Å². The summed E-state index contributed by atoms with van der Waals surface area (Å²) in [6.45, 7) is 5.89. The molecule has 10 heavy (non-hydrogen) atoms. The van der Waals surface area contributed by atoms with Crippen LogP contribution in [-0.4, -0.2) is 51.5 Å². The molecule has 1 heterocycles. The minimum atomic E-state index is 0.708. The Morgan fingerprint density at radius 2 is 2.00 bits per heavy atom. The van der Waals surface area contributed by atoms with Gasteiger partial charge >= 0.3 is 0 Å². The summed E-state index contributed by atoms with van der Waals surface area (Å²) < 4.78 is 10.1. The van der Waals surface area contributed by atoms with Crippen LogP contribution in [0.15, 0.2) is 0 Å². The number of hydrogen-bond donors (Lipinski definition) is 0. The molecule has 0 atom stereocenters. The normalized spacial score (nSPS) is 17.7. The lowest BCUT2D eigenvalue weighted by molar-refractivity contribution is 0.0676. The van der Waals surface area contributed by atoms with E-state index in [1.54, 1.807) is 7.11 Å². The van der Waals surface area contributed by atoms with Gasteiger partial charge in [0.15, 0.2) is 0 Å². The fourth-order valence-corrected chi connectivity index (χ4v) is 0.732. The van der Waals surface area contributed by atoms with Crippen LogP contribution < -0.4 is 0 Å². The van der Waals surface area contributed by atoms with Gasteiger partial charge < -0.3 is 9.47 Å². The number of methoxy groups -OCH3 is 1. The van der Waals surface area contributed by atoms with E-state index in [0.29, 0.717) is 6.61 Å². The molecule has 0 aromatic rings. The Morgan fingerprint density at radius 3 is 2.60 bits per heavy atom. The third kappa shape index (κ3) is 3.82. The molecule has 1 aliphatic rings. The molecule has 1 fully saturated rings. The Kier molecular flexibility index (Phi) is 3.72. The molecular formula is C7H15NO2. The number of rotatable bonds is 6. The first-order valence-corrected chi connectivity index (χ1v) is 3.72. The Balaban J connectivity index is 1.68. The van der Waals surface area contributed by atoms with Crippen LogP contribution in [0.1, 0.15) is 0 Å². The van der Waals surface area contributed by atoms with E-state index in [1.807, 2.05) is 0 Å². The fourth-order valence-electron chi connectivity index (χ4n) is 0.732. The third-order valence-electron chi connectivity index (χ3n) is 1.52. The van der Waals surface area contributed by atoms with E-state index >= 15 is 0 Å². The van der Waals surface area contributed by atoms with Gasteiger partial charge in [-0.25, -0.2) is 0 Å². The first kappa shape index (κ1) is 7.98. The lowest BCUT2D eigenvalue weighted by atomic mass is 10.7. The Morgan fingerprint density at radius 1 is 1.20 bits per heavy atom. The van der Waals surface area contributed by atoms with Crippen LogP contribution in [0.4, 0.5) is 0 Å². The monoisotopic (exact) mass is 145 g/mol. The van der Waals surface area contributed by atoms with Crippen LogP contribution in [0.25, 0.3) is 0 Å². The van der Waals surface area contributed by atoms with E-state index in [2.05, 4.69) is 4.90 Å². The minimum absolute atomic E-state index is 0.708. The van der Waals surface area contributed by atoms with Gasteiger partial charge in [0.25, 0.3) is 0 Å². The molecule has 0 aromatic heterocycles. The van der Waals surface area contributed by atoms with Crippen molar-refractivity contribution >= 4 is 0 Å². The molecule has 3 nitrogen and oxygen atoms in total. The first-order chi connectivity index (χ1) is 4.93. The summed E-state index contributed by atoms with van der Waals surface area (Å²) in [6.07, 6.45) is 0. The van der Waals surface area contributed by atoms with Gasteiger partial charge in [-0.05, 0) is 0 Å². The number of ether oxygens (including phenoxy) is 2. The van der Waals surface area contributed by atoms with Gasteiger partial charge in [-0.3, -0.25) is 4.90 Å². The van der Waals surface area contributed by atoms with Crippen LogP contribution in [0.2, 0.25) is 0 Å². The number of nitrogens with zero attached hydrogens (tertiary/aromatic N) is 1. The van der Waals surface area contributed by atoms with Crippen LogP contribution in [0.5, 0.6) is 0 Å². The van der Waals surface area contributed by atoms with E-state index in [9.17, 15) is 0 Å². The Labute approximate surface area is 61.9 Å². The zero-order chi connectivity index (χ0) is 7.23. The van der Waals surface area contributed by atoms with Crippen molar-refractivity contribution in [3.8, 4) is 0 Å². The predicted molar refractivity (Wildman–Crippen MR) is 39.1 cm³/mol. The second-order valence-corrected chi connectivity index (χ2v) is 2.45. The van der Waals surface area contributed by atoms with Crippen molar-refractivity contribution in [1.29, 1.82) is 0 Å². The molecule has 0 spiro atoms. The van der Waals surface area contributed by atoms with Crippen LogP contribution in [0.3, 0.4) is 0 Å². The molecule has 0 amide bonds. The lowest BCUT2D eigenvalue weighted by Crippen LogP contribution is -2.10. The standard InChI is InChI=1S/C7H15NO2/c1-9-6-7-10-5-4-8-2-3-8/h2-7H2,1H3. The van der Waals surface area contributed by atoms with Crippen LogP contribution in [-0.2, 0) is 9.47 Å². The quantitative estimate of drug-likeness (QED) is 0.387. The van der Waals surface area contributed by atoms with E-state index < -0.39 is 0 Å². The highest BCUT2D eigenvalue weighted by molar-refractivity contribution is 4.70. The van der Waals surface area contributed by atoms with Gasteiger partial charge in [-0.1, -0.05) is 0 Å². The summed E-state index contributed by atoms with van der Waals surface area (Å²) in [5.74, 6) is 0. The maximum Gasteiger partial charge on any atom is 0.0700 e. The second-order valence-electron chi connectivity index (χ2n) is 2.45. The highest BCUT2D eigenvalue weighted by Crippen LogP contribution is 2.00. The lowest BCUT2D eigenvalue weighted by Gasteiger charge is -2.02. The molecule has 0 bridgehead atoms. The van der Waals surface area contributed by atoms with Gasteiger partial charge in [0, 0.05) is 26.7 Å². The van der Waals surface area contributed by atoms with Gasteiger partial charge in [0.2, 0.25) is 0 Å². The van der Waals surface area contributed by atoms with Crippen LogP contribution in [0, 0.1) is 0 Å². The topological polar surface area (TPSA) is 21.5 Å². The molecule has 1 saturated heterocycles. The van der Waals surface area contributed by atoms with Crippen molar-refractivity contribution < 1.29 is 9.47 Å². The zero-order valence-corrected chi connectivity index (χ0v) is 6.51. The third-order valence-corrected chi connectivity index (χ3v) is 1.52. The molecule has 0 radical (unpaired) electrons. The highest BCUT2D eigenvalue weighted by Gasteiger charge is 2.15. The molecule has 0 N–H and O–H groups in total. The summed E-state index contributed by atoms with van der Waals surface area (Å²) >= 11 is 0. The van der Waals surface area contributed by atoms with E-state index in [1.165, 1.54) is 13.1 Å². The minimum Gasteiger partial charge on any atom is -0.382 e. The largest absolute Gasteiger partial charge is 0.382 e. The van der Waals surface area contributed by atoms with Gasteiger partial charge in [-0.15, -0.1) is 0 Å². The smallest absolute Gasteiger partial charge is 0.0700 e. The van der Waals surface area contributed by atoms with Crippen molar-refractivity contribution in [3.05, 3.63) is 0 Å². The molecule has 60 valence electrons. The summed E-state index contributed by atoms with van der Waals surface area (Å²) in [7, 11) is 1.69. The summed E-state index contributed by atoms with van der Waals surface area (Å²) in [6, 6.07) is 0.